The molecule has 0 radical (unpaired) electrons. The molecular weight excluding hydrogens is 500 g/mol. The van der Waals surface area contributed by atoms with E-state index in [0.717, 1.165) is 24.8 Å². The molecule has 1 saturated carbocycles. The highest BCUT2D eigenvalue weighted by molar-refractivity contribution is 5.89. The summed E-state index contributed by atoms with van der Waals surface area (Å²) in [7, 11) is 0. The van der Waals surface area contributed by atoms with Crippen molar-refractivity contribution in [3.8, 4) is 5.75 Å². The van der Waals surface area contributed by atoms with Crippen LogP contribution in [0.2, 0.25) is 0 Å². The maximum atomic E-state index is 14.2. The Kier molecular flexibility index (Phi) is 6.83. The second-order valence-electron chi connectivity index (χ2n) is 10.6. The van der Waals surface area contributed by atoms with E-state index in [1.165, 1.54) is 12.1 Å². The fraction of sp³-hybridized carbons (Fsp3) is 0.593. The summed E-state index contributed by atoms with van der Waals surface area (Å²) in [5.74, 6) is -3.03. The molecule has 37 heavy (non-hydrogen) atoms. The first kappa shape index (κ1) is 26.1. The first-order valence-corrected chi connectivity index (χ1v) is 12.8. The first-order chi connectivity index (χ1) is 17.4. The zero-order valence-corrected chi connectivity index (χ0v) is 20.1. The van der Waals surface area contributed by atoms with Crippen LogP contribution in [0.3, 0.4) is 0 Å². The lowest BCUT2D eigenvalue weighted by atomic mass is 9.87. The van der Waals surface area contributed by atoms with E-state index < -0.39 is 41.8 Å². The Morgan fingerprint density at radius 3 is 2.27 bits per heavy atom. The van der Waals surface area contributed by atoms with Crippen molar-refractivity contribution < 1.29 is 41.0 Å². The van der Waals surface area contributed by atoms with Gasteiger partial charge in [0.05, 0.1) is 17.9 Å². The molecule has 1 aliphatic carbocycles. The monoisotopic (exact) mass is 529 g/mol. The van der Waals surface area contributed by atoms with E-state index in [1.54, 1.807) is 18.2 Å². The van der Waals surface area contributed by atoms with Crippen LogP contribution in [0.1, 0.15) is 62.5 Å². The molecule has 0 amide bonds. The van der Waals surface area contributed by atoms with Gasteiger partial charge in [-0.25, -0.2) is 0 Å². The van der Waals surface area contributed by atoms with Crippen molar-refractivity contribution in [3.63, 3.8) is 0 Å². The maximum absolute atomic E-state index is 14.2. The fourth-order valence-corrected chi connectivity index (χ4v) is 6.55. The molecule has 4 nitrogen and oxygen atoms in total. The van der Waals surface area contributed by atoms with Crippen LogP contribution in [0.5, 0.6) is 5.75 Å². The van der Waals surface area contributed by atoms with Gasteiger partial charge in [-0.15, -0.1) is 0 Å². The first-order valence-electron chi connectivity index (χ1n) is 12.8. The highest BCUT2D eigenvalue weighted by Gasteiger charge is 2.45. The van der Waals surface area contributed by atoms with E-state index in [1.807, 2.05) is 0 Å². The number of hydrogen-bond donors (Lipinski definition) is 1. The molecule has 0 aromatic heterocycles. The third-order valence-corrected chi connectivity index (χ3v) is 8.41. The molecule has 2 bridgehead atoms. The summed E-state index contributed by atoms with van der Waals surface area (Å²) >= 11 is 0. The summed E-state index contributed by atoms with van der Waals surface area (Å²) in [6.45, 7) is 0.469. The quantitative estimate of drug-likeness (QED) is 0.417. The van der Waals surface area contributed by atoms with Gasteiger partial charge in [0.1, 0.15) is 11.3 Å². The Labute approximate surface area is 210 Å². The van der Waals surface area contributed by atoms with Gasteiger partial charge >= 0.3 is 18.3 Å². The van der Waals surface area contributed by atoms with Crippen molar-refractivity contribution in [1.29, 1.82) is 0 Å². The third kappa shape index (κ3) is 5.26. The van der Waals surface area contributed by atoms with Gasteiger partial charge < -0.3 is 9.84 Å². The molecule has 3 fully saturated rings. The van der Waals surface area contributed by atoms with Gasteiger partial charge in [0.25, 0.3) is 0 Å². The second kappa shape index (κ2) is 9.67. The minimum Gasteiger partial charge on any atom is -0.490 e. The number of halogens is 6. The molecule has 3 unspecified atom stereocenters. The van der Waals surface area contributed by atoms with Crippen molar-refractivity contribution in [2.24, 2.45) is 11.8 Å². The van der Waals surface area contributed by atoms with Crippen LogP contribution < -0.4 is 4.74 Å². The lowest BCUT2D eigenvalue weighted by Gasteiger charge is -2.38. The minimum absolute atomic E-state index is 0.0252. The average molecular weight is 530 g/mol. The molecule has 10 heteroatoms. The number of carboxylic acid groups (broad SMARTS) is 1. The Morgan fingerprint density at radius 1 is 0.919 bits per heavy atom. The second-order valence-corrected chi connectivity index (χ2v) is 10.6. The normalized spacial score (nSPS) is 29.0. The van der Waals surface area contributed by atoms with E-state index in [4.69, 9.17) is 4.74 Å². The molecule has 3 aliphatic rings. The molecule has 2 heterocycles. The van der Waals surface area contributed by atoms with Gasteiger partial charge in [-0.3, -0.25) is 9.69 Å². The number of carbonyl (C=O) groups is 1. The largest absolute Gasteiger partial charge is 0.490 e. The van der Waals surface area contributed by atoms with Gasteiger partial charge in [-0.2, -0.15) is 26.3 Å². The molecule has 1 N–H and O–H groups in total. The summed E-state index contributed by atoms with van der Waals surface area (Å²) in [4.78, 5) is 13.9. The predicted octanol–water partition coefficient (Wildman–Crippen LogP) is 7.19. The Hall–Kier alpha value is -2.49. The van der Waals surface area contributed by atoms with E-state index in [9.17, 15) is 36.2 Å². The number of fused-ring (bicyclic) bond motifs is 3. The molecule has 5 rings (SSSR count). The van der Waals surface area contributed by atoms with Crippen LogP contribution in [0.15, 0.2) is 30.3 Å². The summed E-state index contributed by atoms with van der Waals surface area (Å²) in [5.41, 5.74) is -0.110. The van der Waals surface area contributed by atoms with Crippen LogP contribution in [0.25, 0.3) is 10.8 Å². The van der Waals surface area contributed by atoms with Crippen LogP contribution >= 0.6 is 0 Å². The smallest absolute Gasteiger partial charge is 0.420 e. The highest BCUT2D eigenvalue weighted by Crippen LogP contribution is 2.45. The van der Waals surface area contributed by atoms with Crippen molar-refractivity contribution in [3.05, 3.63) is 41.5 Å². The topological polar surface area (TPSA) is 49.8 Å². The molecule has 2 saturated heterocycles. The Bertz CT molecular complexity index is 1160. The van der Waals surface area contributed by atoms with Gasteiger partial charge in [0, 0.05) is 18.6 Å². The number of alkyl halides is 6. The predicted molar refractivity (Wildman–Crippen MR) is 124 cm³/mol. The van der Waals surface area contributed by atoms with Crippen LogP contribution in [-0.4, -0.2) is 40.3 Å². The van der Waals surface area contributed by atoms with Crippen molar-refractivity contribution >= 4 is 16.7 Å². The Morgan fingerprint density at radius 2 is 1.62 bits per heavy atom. The zero-order chi connectivity index (χ0) is 26.5. The molecule has 2 aromatic carbocycles. The Balaban J connectivity index is 1.37. The summed E-state index contributed by atoms with van der Waals surface area (Å²) < 4.78 is 87.0. The third-order valence-electron chi connectivity index (χ3n) is 8.41. The standard InChI is InChI=1S/C27H29F6NO3/c28-26(29,30)17-3-7-19(8-4-17)37-23-12-2-16-13-15(1-9-20(16)24(23)27(31,32)33)14-34-18-5-10-21(25(35)36)22(34)11-6-18/h1-2,9,12-13,17-19,21-22H,3-8,10-11,14H2,(H,35,36)/t17-,18?,19+,21?,22?. The molecule has 202 valence electrons. The number of nitrogens with zero attached hydrogens (tertiary/aromatic N) is 1. The van der Waals surface area contributed by atoms with Gasteiger partial charge in [-0.05, 0) is 79.8 Å². The summed E-state index contributed by atoms with van der Waals surface area (Å²) in [5, 5.41) is 9.95. The number of rotatable bonds is 5. The van der Waals surface area contributed by atoms with Crippen LogP contribution in [0.4, 0.5) is 26.3 Å². The van der Waals surface area contributed by atoms with Crippen LogP contribution in [0, 0.1) is 11.8 Å². The molecule has 2 aromatic rings. The van der Waals surface area contributed by atoms with E-state index in [2.05, 4.69) is 4.90 Å². The maximum Gasteiger partial charge on any atom is 0.420 e. The number of aliphatic carboxylic acids is 1. The molecular formula is C27H29F6NO3. The van der Waals surface area contributed by atoms with E-state index in [0.29, 0.717) is 18.4 Å². The number of piperidine rings is 1. The van der Waals surface area contributed by atoms with E-state index >= 15 is 0 Å². The number of benzene rings is 2. The molecule has 2 aliphatic heterocycles. The highest BCUT2D eigenvalue weighted by atomic mass is 19.4. The fourth-order valence-electron chi connectivity index (χ4n) is 6.55. The SMILES string of the molecule is O=C(O)C1CCC2CCC1N2Cc1ccc2c(C(F)(F)F)c(O[C@H]3CC[C@@H](C(F)(F)F)CC3)ccc2c1. The summed E-state index contributed by atoms with van der Waals surface area (Å²) in [6.07, 6.45) is -6.76. The number of carboxylic acids is 1. The van der Waals surface area contributed by atoms with E-state index in [-0.39, 0.29) is 48.9 Å². The number of ether oxygens (including phenoxy) is 1. The average Bonchev–Trinajstić information content (AvgIpc) is 3.06. The minimum atomic E-state index is -4.71. The van der Waals surface area contributed by atoms with Crippen LogP contribution in [-0.2, 0) is 17.5 Å². The number of hydrogen-bond acceptors (Lipinski definition) is 3. The summed E-state index contributed by atoms with van der Waals surface area (Å²) in [6, 6.07) is 7.78. The zero-order valence-electron chi connectivity index (χ0n) is 20.1. The van der Waals surface area contributed by atoms with Gasteiger partial charge in [0.2, 0.25) is 0 Å². The molecule has 3 atom stereocenters. The molecule has 0 spiro atoms. The lowest BCUT2D eigenvalue weighted by Crippen LogP contribution is -2.46. The van der Waals surface area contributed by atoms with Gasteiger partial charge in [-0.1, -0.05) is 18.2 Å². The van der Waals surface area contributed by atoms with Crippen molar-refractivity contribution in [2.75, 3.05) is 0 Å². The van der Waals surface area contributed by atoms with Crippen molar-refractivity contribution in [2.45, 2.75) is 88.5 Å². The van der Waals surface area contributed by atoms with Gasteiger partial charge in [0.15, 0.2) is 0 Å². The van der Waals surface area contributed by atoms with Crippen molar-refractivity contribution in [1.82, 2.24) is 4.90 Å². The lowest BCUT2D eigenvalue weighted by molar-refractivity contribution is -0.185.